The predicted octanol–water partition coefficient (Wildman–Crippen LogP) is 1.55. The van der Waals surface area contributed by atoms with Crippen LogP contribution in [0.15, 0.2) is 32.9 Å². The van der Waals surface area contributed by atoms with Crippen LogP contribution in [0.5, 0.6) is 0 Å². The van der Waals surface area contributed by atoms with Crippen molar-refractivity contribution >= 4 is 23.5 Å². The first-order valence-electron chi connectivity index (χ1n) is 7.18. The first-order chi connectivity index (χ1) is 11.0. The van der Waals surface area contributed by atoms with E-state index in [1.54, 1.807) is 16.9 Å². The second kappa shape index (κ2) is 7.74. The second-order valence-electron chi connectivity index (χ2n) is 5.05. The molecule has 0 aromatic carbocycles. The number of hydrogen-bond acceptors (Lipinski definition) is 7. The number of aryl methyl sites for hydroxylation is 1. The zero-order chi connectivity index (χ0) is 16.8. The number of nitriles is 1. The molecule has 2 heterocycles. The van der Waals surface area contributed by atoms with Gasteiger partial charge in [-0.25, -0.2) is 9.98 Å². The van der Waals surface area contributed by atoms with E-state index < -0.39 is 0 Å². The van der Waals surface area contributed by atoms with Gasteiger partial charge >= 0.3 is 5.88 Å². The van der Waals surface area contributed by atoms with Gasteiger partial charge in [0.15, 0.2) is 6.54 Å². The van der Waals surface area contributed by atoms with Gasteiger partial charge in [0.25, 0.3) is 6.20 Å². The molecule has 2 rings (SSSR count). The molecule has 0 aliphatic heterocycles. The zero-order valence-corrected chi connectivity index (χ0v) is 14.0. The minimum Gasteiger partial charge on any atom is -0.861 e. The Morgan fingerprint density at radius 3 is 2.91 bits per heavy atom. The smallest absolute Gasteiger partial charge is 0.320 e. The first kappa shape index (κ1) is 17.0. The minimum absolute atomic E-state index is 0.0794. The third kappa shape index (κ3) is 4.53. The Kier molecular flexibility index (Phi) is 5.71. The van der Waals surface area contributed by atoms with Gasteiger partial charge in [0, 0.05) is 11.4 Å². The summed E-state index contributed by atoms with van der Waals surface area (Å²) in [6.45, 7) is 6.59. The monoisotopic (exact) mass is 331 g/mol. The van der Waals surface area contributed by atoms with Crippen molar-refractivity contribution in [2.45, 2.75) is 38.3 Å². The molecule has 0 aliphatic carbocycles. The van der Waals surface area contributed by atoms with Gasteiger partial charge in [0.05, 0.1) is 5.56 Å². The third-order valence-corrected chi connectivity index (χ3v) is 3.96. The van der Waals surface area contributed by atoms with Crippen LogP contribution in [-0.4, -0.2) is 21.9 Å². The van der Waals surface area contributed by atoms with Gasteiger partial charge in [-0.2, -0.15) is 5.26 Å². The summed E-state index contributed by atoms with van der Waals surface area (Å²) in [7, 11) is 0. The molecule has 0 atom stereocenters. The van der Waals surface area contributed by atoms with Crippen molar-refractivity contribution in [2.75, 3.05) is 5.75 Å². The standard InChI is InChI=1S/C15H17N5O2S/c1-4-20-8-14(22-19-20)18-13(21)9-23-15-11(7-16)5-6-12(17-15)10(2)3/h5-6,8,10H,4,9H2,1-3H3. The fourth-order valence-electron chi connectivity index (χ4n) is 1.72. The maximum Gasteiger partial charge on any atom is 0.320 e. The Bertz CT molecular complexity index is 749. The van der Waals surface area contributed by atoms with Gasteiger partial charge in [0.1, 0.15) is 11.1 Å². The molecule has 0 amide bonds. The Balaban J connectivity index is 2.10. The number of rotatable bonds is 6. The highest BCUT2D eigenvalue weighted by atomic mass is 32.2. The molecule has 0 unspecified atom stereocenters. The van der Waals surface area contributed by atoms with E-state index in [0.717, 1.165) is 5.69 Å². The lowest BCUT2D eigenvalue weighted by Gasteiger charge is -2.11. The van der Waals surface area contributed by atoms with Crippen LogP contribution in [0.4, 0.5) is 5.88 Å². The summed E-state index contributed by atoms with van der Waals surface area (Å²) in [4.78, 5) is 8.28. The lowest BCUT2D eigenvalue weighted by molar-refractivity contribution is -0.759. The van der Waals surface area contributed by atoms with Gasteiger partial charge in [-0.15, -0.1) is 0 Å². The van der Waals surface area contributed by atoms with Crippen molar-refractivity contribution < 1.29 is 14.3 Å². The van der Waals surface area contributed by atoms with Crippen LogP contribution in [0, 0.1) is 11.3 Å². The first-order valence-corrected chi connectivity index (χ1v) is 8.17. The molecule has 0 saturated carbocycles. The second-order valence-corrected chi connectivity index (χ2v) is 6.01. The molecule has 0 fully saturated rings. The Morgan fingerprint density at radius 2 is 2.30 bits per heavy atom. The maximum atomic E-state index is 11.9. The normalized spacial score (nSPS) is 11.7. The fourth-order valence-corrected chi connectivity index (χ4v) is 2.49. The average molecular weight is 331 g/mol. The van der Waals surface area contributed by atoms with Crippen LogP contribution < -0.4 is 9.79 Å². The van der Waals surface area contributed by atoms with E-state index >= 15 is 0 Å². The molecule has 0 aliphatic rings. The Hall–Kier alpha value is -2.40. The molecule has 2 aromatic rings. The lowest BCUT2D eigenvalue weighted by Crippen LogP contribution is -2.32. The molecule has 0 bridgehead atoms. The van der Waals surface area contributed by atoms with Crippen molar-refractivity contribution in [3.05, 3.63) is 29.6 Å². The summed E-state index contributed by atoms with van der Waals surface area (Å²) in [6.07, 6.45) is 1.56. The van der Waals surface area contributed by atoms with Crippen molar-refractivity contribution in [3.63, 3.8) is 0 Å². The summed E-state index contributed by atoms with van der Waals surface area (Å²) in [6, 6.07) is 5.65. The maximum absolute atomic E-state index is 11.9. The molecule has 7 nitrogen and oxygen atoms in total. The van der Waals surface area contributed by atoms with Crippen LogP contribution >= 0.6 is 11.8 Å². The Labute approximate surface area is 138 Å². The number of hydrogen-bond donors (Lipinski definition) is 0. The SMILES string of the molecule is CC[n+]1cc(/N=C(\[O-])CSc2nc(C(C)C)ccc2C#N)on1. The largest absolute Gasteiger partial charge is 0.861 e. The van der Waals surface area contributed by atoms with E-state index in [-0.39, 0.29) is 23.5 Å². The van der Waals surface area contributed by atoms with Crippen LogP contribution in [0.1, 0.15) is 37.9 Å². The van der Waals surface area contributed by atoms with Crippen LogP contribution in [-0.2, 0) is 6.54 Å². The predicted molar refractivity (Wildman–Crippen MR) is 83.2 cm³/mol. The van der Waals surface area contributed by atoms with Gasteiger partial charge in [-0.1, -0.05) is 30.3 Å². The summed E-state index contributed by atoms with van der Waals surface area (Å²) in [5.41, 5.74) is 1.34. The summed E-state index contributed by atoms with van der Waals surface area (Å²) in [5, 5.41) is 25.3. The fraction of sp³-hybridized carbons (Fsp3) is 0.400. The van der Waals surface area contributed by atoms with Gasteiger partial charge in [0.2, 0.25) is 5.27 Å². The van der Waals surface area contributed by atoms with E-state index in [0.29, 0.717) is 17.1 Å². The highest BCUT2D eigenvalue weighted by Gasteiger charge is 2.10. The van der Waals surface area contributed by atoms with Crippen LogP contribution in [0.3, 0.4) is 0 Å². The van der Waals surface area contributed by atoms with Gasteiger partial charge in [-0.05, 0) is 30.9 Å². The van der Waals surface area contributed by atoms with Crippen molar-refractivity contribution in [1.29, 1.82) is 5.26 Å². The van der Waals surface area contributed by atoms with Gasteiger partial charge < -0.3 is 5.11 Å². The number of aliphatic imine (C=N–C) groups is 1. The van der Waals surface area contributed by atoms with Crippen LogP contribution in [0.25, 0.3) is 0 Å². The zero-order valence-electron chi connectivity index (χ0n) is 13.2. The molecule has 23 heavy (non-hydrogen) atoms. The lowest BCUT2D eigenvalue weighted by atomic mass is 10.1. The molecule has 120 valence electrons. The third-order valence-electron chi connectivity index (χ3n) is 2.98. The van der Waals surface area contributed by atoms with Crippen molar-refractivity contribution in [3.8, 4) is 6.07 Å². The van der Waals surface area contributed by atoms with E-state index in [4.69, 9.17) is 9.78 Å². The van der Waals surface area contributed by atoms with Crippen molar-refractivity contribution in [1.82, 2.24) is 10.3 Å². The topological polar surface area (TPSA) is 102 Å². The van der Waals surface area contributed by atoms with E-state index in [1.807, 2.05) is 26.8 Å². The summed E-state index contributed by atoms with van der Waals surface area (Å²) < 4.78 is 6.46. The molecule has 0 spiro atoms. The average Bonchev–Trinajstić information content (AvgIpc) is 3.00. The molecule has 2 aromatic heterocycles. The highest BCUT2D eigenvalue weighted by molar-refractivity contribution is 7.99. The molecule has 0 saturated heterocycles. The quantitative estimate of drug-likeness (QED) is 0.344. The summed E-state index contributed by atoms with van der Waals surface area (Å²) >= 11 is 1.20. The van der Waals surface area contributed by atoms with E-state index in [2.05, 4.69) is 21.3 Å². The Morgan fingerprint density at radius 1 is 1.52 bits per heavy atom. The number of thioether (sulfide) groups is 1. The molecule has 0 radical (unpaired) electrons. The minimum atomic E-state index is -0.366. The molecular weight excluding hydrogens is 314 g/mol. The molecule has 8 heteroatoms. The number of nitrogens with zero attached hydrogens (tertiary/aromatic N) is 5. The van der Waals surface area contributed by atoms with E-state index in [1.165, 1.54) is 11.8 Å². The number of pyridine rings is 1. The van der Waals surface area contributed by atoms with E-state index in [9.17, 15) is 5.11 Å². The summed E-state index contributed by atoms with van der Waals surface area (Å²) in [5.74, 6) is 0.133. The van der Waals surface area contributed by atoms with Crippen LogP contribution in [0.2, 0.25) is 0 Å². The highest BCUT2D eigenvalue weighted by Crippen LogP contribution is 2.23. The molecule has 0 N–H and O–H groups in total. The van der Waals surface area contributed by atoms with Gasteiger partial charge in [-0.3, -0.25) is 4.52 Å². The molecular formula is C15H17N5O2S. The number of aromatic nitrogens is 3. The van der Waals surface area contributed by atoms with Crippen molar-refractivity contribution in [2.24, 2.45) is 4.99 Å².